The number of benzene rings is 3. The zero-order valence-electron chi connectivity index (χ0n) is 20.1. The quantitative estimate of drug-likeness (QED) is 0.242. The van der Waals surface area contributed by atoms with E-state index in [1.54, 1.807) is 48.0 Å². The van der Waals surface area contributed by atoms with Gasteiger partial charge in [-0.25, -0.2) is 4.98 Å². The molecule has 0 radical (unpaired) electrons. The number of fused-ring (bicyclic) bond motifs is 2. The maximum absolute atomic E-state index is 14.0. The molecule has 37 heavy (non-hydrogen) atoms. The number of para-hydroxylation sites is 2. The number of amides is 1. The highest BCUT2D eigenvalue weighted by molar-refractivity contribution is 8.00. The van der Waals surface area contributed by atoms with E-state index in [9.17, 15) is 14.9 Å². The predicted octanol–water partition coefficient (Wildman–Crippen LogP) is 6.02. The van der Waals surface area contributed by atoms with Crippen molar-refractivity contribution < 1.29 is 9.53 Å². The minimum atomic E-state index is -0.551. The van der Waals surface area contributed by atoms with Crippen molar-refractivity contribution in [2.24, 2.45) is 0 Å². The van der Waals surface area contributed by atoms with Gasteiger partial charge in [0.1, 0.15) is 17.4 Å². The van der Waals surface area contributed by atoms with Crippen LogP contribution in [0.25, 0.3) is 11.3 Å². The minimum absolute atomic E-state index is 0.0899. The number of aromatic amines is 1. The lowest BCUT2D eigenvalue weighted by Gasteiger charge is -2.33. The van der Waals surface area contributed by atoms with E-state index in [-0.39, 0.29) is 22.3 Å². The summed E-state index contributed by atoms with van der Waals surface area (Å²) in [6.07, 6.45) is 0.510. The Hall–Kier alpha value is -4.00. The zero-order valence-corrected chi connectivity index (χ0v) is 21.7. The average molecular weight is 527 g/mol. The second kappa shape index (κ2) is 10.5. The molecule has 0 fully saturated rings. The van der Waals surface area contributed by atoms with Crippen molar-refractivity contribution in [1.82, 2.24) is 9.97 Å². The van der Waals surface area contributed by atoms with E-state index >= 15 is 0 Å². The number of H-pyrrole nitrogens is 1. The number of ether oxygens (including phenoxy) is 1. The Bertz CT molecular complexity index is 1550. The van der Waals surface area contributed by atoms with Gasteiger partial charge >= 0.3 is 0 Å². The van der Waals surface area contributed by atoms with Crippen molar-refractivity contribution in [3.05, 3.63) is 88.7 Å². The highest BCUT2D eigenvalue weighted by Gasteiger charge is 2.33. The van der Waals surface area contributed by atoms with Crippen molar-refractivity contribution in [3.8, 4) is 23.1 Å². The molecule has 0 spiro atoms. The fourth-order valence-corrected chi connectivity index (χ4v) is 6.12. The molecule has 4 aromatic rings. The van der Waals surface area contributed by atoms with Crippen LogP contribution in [0.3, 0.4) is 0 Å². The van der Waals surface area contributed by atoms with E-state index in [0.717, 1.165) is 21.2 Å². The Morgan fingerprint density at radius 1 is 1.11 bits per heavy atom. The van der Waals surface area contributed by atoms with Crippen molar-refractivity contribution in [2.75, 3.05) is 12.0 Å². The Morgan fingerprint density at radius 3 is 2.41 bits per heavy atom. The highest BCUT2D eigenvalue weighted by Crippen LogP contribution is 2.48. The number of nitrogens with one attached hydrogen (secondary N) is 1. The number of thioether (sulfide) groups is 1. The lowest BCUT2D eigenvalue weighted by Crippen LogP contribution is -2.36. The maximum Gasteiger partial charge on any atom is 0.270 e. The third-order valence-electron chi connectivity index (χ3n) is 5.91. The number of aromatic nitrogens is 2. The average Bonchev–Trinajstić information content (AvgIpc) is 2.94. The molecule has 9 heteroatoms. The van der Waals surface area contributed by atoms with Crippen LogP contribution in [0, 0.1) is 11.3 Å². The van der Waals surface area contributed by atoms with E-state index in [1.807, 2.05) is 61.5 Å². The third kappa shape index (κ3) is 4.73. The number of nitrogens with zero attached hydrogens (tertiary/aromatic N) is 3. The second-order valence-corrected chi connectivity index (χ2v) is 10.4. The van der Waals surface area contributed by atoms with Crippen LogP contribution in [0.1, 0.15) is 18.9 Å². The first-order valence-electron chi connectivity index (χ1n) is 11.6. The molecule has 0 saturated carbocycles. The van der Waals surface area contributed by atoms with Gasteiger partial charge in [-0.05, 0) is 42.8 Å². The number of rotatable bonds is 6. The zero-order chi connectivity index (χ0) is 25.9. The normalized spacial score (nSPS) is 12.7. The van der Waals surface area contributed by atoms with Crippen molar-refractivity contribution in [2.45, 2.75) is 33.5 Å². The Morgan fingerprint density at radius 2 is 1.78 bits per heavy atom. The molecular formula is C28H22N4O3S2. The van der Waals surface area contributed by atoms with Crippen molar-refractivity contribution in [3.63, 3.8) is 0 Å². The summed E-state index contributed by atoms with van der Waals surface area (Å²) in [5.41, 5.74) is 1.85. The molecule has 0 bridgehead atoms. The van der Waals surface area contributed by atoms with Crippen LogP contribution in [-0.2, 0) is 4.79 Å². The standard InChI is InChI=1S/C28H22N4O3S2/c1-3-22(27(34)32-20-11-4-6-13-23(20)36-24-14-7-5-12-21(24)32)37-28-30-25(19(16-29)26(33)31-28)17-9-8-10-18(15-17)35-2/h4-15,22H,3H2,1-2H3,(H,30,31,33)/t22-/m0/s1. The summed E-state index contributed by atoms with van der Waals surface area (Å²) in [5.74, 6) is 0.474. The summed E-state index contributed by atoms with van der Waals surface area (Å²) < 4.78 is 5.29. The molecule has 0 saturated heterocycles. The molecule has 1 amide bonds. The SMILES string of the molecule is CC[C@H](Sc1nc(-c2cccc(OC)c2)c(C#N)c(=O)[nH]1)C(=O)N1c2ccccc2Sc2ccccc21. The van der Waals surface area contributed by atoms with Gasteiger partial charge < -0.3 is 9.72 Å². The van der Waals surface area contributed by atoms with Gasteiger partial charge in [-0.3, -0.25) is 14.5 Å². The number of hydrogen-bond acceptors (Lipinski definition) is 7. The third-order valence-corrected chi connectivity index (χ3v) is 8.27. The number of nitriles is 1. The van der Waals surface area contributed by atoms with Crippen LogP contribution in [0.2, 0.25) is 0 Å². The molecule has 2 heterocycles. The van der Waals surface area contributed by atoms with Crippen LogP contribution in [0.5, 0.6) is 5.75 Å². The fraction of sp³-hybridized carbons (Fsp3) is 0.143. The number of carbonyl (C=O) groups is 1. The van der Waals surface area contributed by atoms with Crippen LogP contribution in [0.4, 0.5) is 11.4 Å². The van der Waals surface area contributed by atoms with E-state index in [0.29, 0.717) is 17.7 Å². The molecule has 5 rings (SSSR count). The van der Waals surface area contributed by atoms with E-state index in [4.69, 9.17) is 4.74 Å². The molecule has 1 aliphatic heterocycles. The summed E-state index contributed by atoms with van der Waals surface area (Å²) >= 11 is 2.82. The predicted molar refractivity (Wildman–Crippen MR) is 146 cm³/mol. The summed E-state index contributed by atoms with van der Waals surface area (Å²) in [7, 11) is 1.55. The Kier molecular flexibility index (Phi) is 7.04. The van der Waals surface area contributed by atoms with E-state index in [1.165, 1.54) is 11.8 Å². The van der Waals surface area contributed by atoms with Gasteiger partial charge in [-0.1, -0.05) is 66.8 Å². The summed E-state index contributed by atoms with van der Waals surface area (Å²) in [4.78, 5) is 37.9. The first-order valence-corrected chi connectivity index (χ1v) is 13.3. The van der Waals surface area contributed by atoms with E-state index in [2.05, 4.69) is 9.97 Å². The summed E-state index contributed by atoms with van der Waals surface area (Å²) in [5, 5.41) is 9.38. The van der Waals surface area contributed by atoms with Crippen LogP contribution >= 0.6 is 23.5 Å². The van der Waals surface area contributed by atoms with Gasteiger partial charge in [-0.15, -0.1) is 0 Å². The monoisotopic (exact) mass is 526 g/mol. The maximum atomic E-state index is 14.0. The van der Waals surface area contributed by atoms with Crippen LogP contribution in [-0.4, -0.2) is 28.2 Å². The Balaban J connectivity index is 1.53. The molecule has 0 aliphatic carbocycles. The molecule has 1 aliphatic rings. The van der Waals surface area contributed by atoms with Crippen molar-refractivity contribution >= 4 is 40.8 Å². The molecule has 184 valence electrons. The number of hydrogen-bond donors (Lipinski definition) is 1. The van der Waals surface area contributed by atoms with Gasteiger partial charge in [0, 0.05) is 15.4 Å². The van der Waals surface area contributed by atoms with Crippen molar-refractivity contribution in [1.29, 1.82) is 5.26 Å². The van der Waals surface area contributed by atoms with Gasteiger partial charge in [-0.2, -0.15) is 5.26 Å². The fourth-order valence-electron chi connectivity index (χ4n) is 4.12. The van der Waals surface area contributed by atoms with Gasteiger partial charge in [0.05, 0.1) is 29.4 Å². The number of anilines is 2. The lowest BCUT2D eigenvalue weighted by molar-refractivity contribution is -0.117. The van der Waals surface area contributed by atoms with Crippen LogP contribution in [0.15, 0.2) is 92.5 Å². The van der Waals surface area contributed by atoms with E-state index < -0.39 is 10.8 Å². The van der Waals surface area contributed by atoms with Crippen LogP contribution < -0.4 is 15.2 Å². The molecular weight excluding hydrogens is 504 g/mol. The molecule has 0 unspecified atom stereocenters. The minimum Gasteiger partial charge on any atom is -0.497 e. The number of methoxy groups -OCH3 is 1. The topological polar surface area (TPSA) is 99.1 Å². The van der Waals surface area contributed by atoms with Gasteiger partial charge in [0.25, 0.3) is 5.56 Å². The molecule has 1 atom stereocenters. The highest BCUT2D eigenvalue weighted by atomic mass is 32.2. The summed E-state index contributed by atoms with van der Waals surface area (Å²) in [6, 6.07) is 24.6. The molecule has 1 aromatic heterocycles. The number of carbonyl (C=O) groups excluding carboxylic acids is 1. The summed E-state index contributed by atoms with van der Waals surface area (Å²) in [6.45, 7) is 1.93. The lowest BCUT2D eigenvalue weighted by atomic mass is 10.1. The molecule has 7 nitrogen and oxygen atoms in total. The second-order valence-electron chi connectivity index (χ2n) is 8.16. The largest absolute Gasteiger partial charge is 0.497 e. The Labute approximate surface area is 222 Å². The first kappa shape index (κ1) is 24.7. The smallest absolute Gasteiger partial charge is 0.270 e. The molecule has 1 N–H and O–H groups in total. The molecule has 3 aromatic carbocycles. The first-order chi connectivity index (χ1) is 18.0. The van der Waals surface area contributed by atoms with Gasteiger partial charge in [0.15, 0.2) is 5.16 Å². The van der Waals surface area contributed by atoms with Gasteiger partial charge in [0.2, 0.25) is 5.91 Å².